The van der Waals surface area contributed by atoms with Gasteiger partial charge in [0, 0.05) is 33.8 Å². The second-order valence-electron chi connectivity index (χ2n) is 7.75. The van der Waals surface area contributed by atoms with Crippen molar-refractivity contribution in [3.8, 4) is 5.75 Å². The molecule has 1 saturated heterocycles. The predicted octanol–water partition coefficient (Wildman–Crippen LogP) is 5.96. The molecule has 12 heteroatoms. The number of nitrogens with zero attached hydrogens (tertiary/aromatic N) is 1. The SMILES string of the molecule is CC(=O)Nc1ccc(S(=O)(=O)Oc2ccccc2/C=C2\SC(=O)N(Cc3c(Cl)cccc3Cl)C2=O)cc1. The summed E-state index contributed by atoms with van der Waals surface area (Å²) in [5.41, 5.74) is 1.15. The Morgan fingerprint density at radius 3 is 2.30 bits per heavy atom. The van der Waals surface area contributed by atoms with Gasteiger partial charge in [-0.25, -0.2) is 0 Å². The van der Waals surface area contributed by atoms with Gasteiger partial charge in [0.25, 0.3) is 11.1 Å². The Bertz CT molecular complexity index is 1520. The van der Waals surface area contributed by atoms with Gasteiger partial charge in [-0.05, 0) is 60.3 Å². The molecule has 4 rings (SSSR count). The number of nitrogens with one attached hydrogen (secondary N) is 1. The molecule has 0 aliphatic carbocycles. The van der Waals surface area contributed by atoms with Crippen molar-refractivity contribution in [1.29, 1.82) is 0 Å². The average Bonchev–Trinajstić information content (AvgIpc) is 3.09. The van der Waals surface area contributed by atoms with Crippen molar-refractivity contribution in [2.24, 2.45) is 0 Å². The monoisotopic (exact) mass is 576 g/mol. The van der Waals surface area contributed by atoms with Gasteiger partial charge in [0.2, 0.25) is 5.91 Å². The maximum atomic E-state index is 13.0. The first kappa shape index (κ1) is 26.7. The van der Waals surface area contributed by atoms with E-state index in [-0.39, 0.29) is 33.6 Å². The second-order valence-corrected chi connectivity index (χ2v) is 11.1. The zero-order valence-corrected chi connectivity index (χ0v) is 22.2. The number of hydrogen-bond acceptors (Lipinski definition) is 7. The molecular formula is C25H18Cl2N2O6S2. The fourth-order valence-electron chi connectivity index (χ4n) is 3.37. The summed E-state index contributed by atoms with van der Waals surface area (Å²) in [6, 6.07) is 16.6. The Hall–Kier alpha value is -3.31. The van der Waals surface area contributed by atoms with E-state index in [1.807, 2.05) is 0 Å². The number of imide groups is 1. The molecule has 190 valence electrons. The molecule has 1 heterocycles. The van der Waals surface area contributed by atoms with E-state index in [9.17, 15) is 22.8 Å². The number of rotatable bonds is 7. The number of thioether (sulfide) groups is 1. The minimum atomic E-state index is -4.24. The molecule has 1 aliphatic heterocycles. The van der Waals surface area contributed by atoms with Crippen LogP contribution in [-0.4, -0.2) is 30.4 Å². The lowest BCUT2D eigenvalue weighted by Gasteiger charge is -2.14. The first-order valence-corrected chi connectivity index (χ1v) is 13.6. The summed E-state index contributed by atoms with van der Waals surface area (Å²) >= 11 is 13.1. The number of halogens is 2. The molecule has 0 atom stereocenters. The van der Waals surface area contributed by atoms with E-state index >= 15 is 0 Å². The molecule has 3 amide bonds. The number of carbonyl (C=O) groups is 3. The molecule has 0 aromatic heterocycles. The molecular weight excluding hydrogens is 559 g/mol. The van der Waals surface area contributed by atoms with Crippen molar-refractivity contribution >= 4 is 73.9 Å². The molecule has 0 spiro atoms. The summed E-state index contributed by atoms with van der Waals surface area (Å²) in [4.78, 5) is 37.8. The summed E-state index contributed by atoms with van der Waals surface area (Å²) in [7, 11) is -4.24. The van der Waals surface area contributed by atoms with Gasteiger partial charge in [0.05, 0.1) is 11.4 Å². The van der Waals surface area contributed by atoms with E-state index in [1.165, 1.54) is 43.3 Å². The number of anilines is 1. The molecule has 3 aromatic carbocycles. The third-order valence-corrected chi connectivity index (χ3v) is 7.98. The molecule has 1 fully saturated rings. The number of para-hydroxylation sites is 1. The third kappa shape index (κ3) is 6.16. The minimum Gasteiger partial charge on any atom is -0.378 e. The first-order chi connectivity index (χ1) is 17.5. The number of benzene rings is 3. The van der Waals surface area contributed by atoms with Crippen LogP contribution < -0.4 is 9.50 Å². The van der Waals surface area contributed by atoms with Gasteiger partial charge >= 0.3 is 10.1 Å². The van der Waals surface area contributed by atoms with Crippen LogP contribution >= 0.6 is 35.0 Å². The molecule has 0 unspecified atom stereocenters. The van der Waals surface area contributed by atoms with E-state index in [4.69, 9.17) is 27.4 Å². The number of hydrogen-bond donors (Lipinski definition) is 1. The first-order valence-electron chi connectivity index (χ1n) is 10.6. The van der Waals surface area contributed by atoms with Crippen LogP contribution in [-0.2, 0) is 26.3 Å². The van der Waals surface area contributed by atoms with Crippen molar-refractivity contribution in [2.45, 2.75) is 18.4 Å². The lowest BCUT2D eigenvalue weighted by molar-refractivity contribution is -0.123. The largest absolute Gasteiger partial charge is 0.378 e. The lowest BCUT2D eigenvalue weighted by atomic mass is 10.1. The Morgan fingerprint density at radius 2 is 1.65 bits per heavy atom. The molecule has 3 aromatic rings. The van der Waals surface area contributed by atoms with Crippen molar-refractivity contribution < 1.29 is 27.0 Å². The Kier molecular flexibility index (Phi) is 7.93. The van der Waals surface area contributed by atoms with E-state index in [0.717, 1.165) is 4.90 Å². The summed E-state index contributed by atoms with van der Waals surface area (Å²) in [6.07, 6.45) is 1.39. The topological polar surface area (TPSA) is 110 Å². The molecule has 0 saturated carbocycles. The second kappa shape index (κ2) is 11.0. The summed E-state index contributed by atoms with van der Waals surface area (Å²) < 4.78 is 31.1. The fourth-order valence-corrected chi connectivity index (χ4v) is 5.67. The van der Waals surface area contributed by atoms with E-state index in [0.29, 0.717) is 33.1 Å². The molecule has 1 aliphatic rings. The molecule has 0 bridgehead atoms. The number of carbonyl (C=O) groups excluding carboxylic acids is 3. The van der Waals surface area contributed by atoms with Crippen LogP contribution in [0.4, 0.5) is 10.5 Å². The highest BCUT2D eigenvalue weighted by Crippen LogP contribution is 2.37. The van der Waals surface area contributed by atoms with Crippen molar-refractivity contribution in [3.05, 3.63) is 92.8 Å². The Balaban J connectivity index is 1.57. The third-order valence-electron chi connectivity index (χ3n) is 5.12. The molecule has 8 nitrogen and oxygen atoms in total. The quantitative estimate of drug-likeness (QED) is 0.273. The lowest BCUT2D eigenvalue weighted by Crippen LogP contribution is -2.27. The van der Waals surface area contributed by atoms with Crippen LogP contribution in [0.25, 0.3) is 6.08 Å². The van der Waals surface area contributed by atoms with Crippen molar-refractivity contribution in [3.63, 3.8) is 0 Å². The van der Waals surface area contributed by atoms with Gasteiger partial charge in [-0.1, -0.05) is 47.5 Å². The van der Waals surface area contributed by atoms with Crippen LogP contribution in [0.1, 0.15) is 18.1 Å². The predicted molar refractivity (Wildman–Crippen MR) is 143 cm³/mol. The van der Waals surface area contributed by atoms with Crippen LogP contribution in [0.3, 0.4) is 0 Å². The minimum absolute atomic E-state index is 0.0330. The van der Waals surface area contributed by atoms with Gasteiger partial charge in [-0.15, -0.1) is 0 Å². The zero-order chi connectivity index (χ0) is 26.7. The van der Waals surface area contributed by atoms with E-state index in [2.05, 4.69) is 5.32 Å². The van der Waals surface area contributed by atoms with Gasteiger partial charge < -0.3 is 9.50 Å². The van der Waals surface area contributed by atoms with Gasteiger partial charge in [-0.3, -0.25) is 19.3 Å². The van der Waals surface area contributed by atoms with Crippen LogP contribution in [0, 0.1) is 0 Å². The van der Waals surface area contributed by atoms with Gasteiger partial charge in [0.15, 0.2) is 0 Å². The fraction of sp³-hybridized carbons (Fsp3) is 0.0800. The Labute approximate surface area is 227 Å². The highest BCUT2D eigenvalue weighted by atomic mass is 35.5. The Morgan fingerprint density at radius 1 is 1.00 bits per heavy atom. The van der Waals surface area contributed by atoms with Gasteiger partial charge in [-0.2, -0.15) is 8.42 Å². The molecule has 1 N–H and O–H groups in total. The highest BCUT2D eigenvalue weighted by Gasteiger charge is 2.36. The smallest absolute Gasteiger partial charge is 0.339 e. The van der Waals surface area contributed by atoms with Crippen molar-refractivity contribution in [2.75, 3.05) is 5.32 Å². The van der Waals surface area contributed by atoms with Crippen LogP contribution in [0.15, 0.2) is 76.5 Å². The summed E-state index contributed by atoms with van der Waals surface area (Å²) in [5.74, 6) is -0.897. The molecule has 37 heavy (non-hydrogen) atoms. The maximum absolute atomic E-state index is 13.0. The standard InChI is InChI=1S/C25H18Cl2N2O6S2/c1-15(30)28-17-9-11-18(12-10-17)37(33,34)35-22-8-3-2-5-16(22)13-23-24(31)29(25(32)36-23)14-19-20(26)6-4-7-21(19)27/h2-13H,14H2,1H3,(H,28,30)/b23-13-. The average molecular weight is 577 g/mol. The zero-order valence-electron chi connectivity index (χ0n) is 19.1. The van der Waals surface area contributed by atoms with Gasteiger partial charge in [0.1, 0.15) is 10.6 Å². The summed E-state index contributed by atoms with van der Waals surface area (Å²) in [6.45, 7) is 1.23. The van der Waals surface area contributed by atoms with E-state index in [1.54, 1.807) is 36.4 Å². The van der Waals surface area contributed by atoms with Crippen LogP contribution in [0.5, 0.6) is 5.75 Å². The summed E-state index contributed by atoms with van der Waals surface area (Å²) in [5, 5.41) is 2.68. The van der Waals surface area contributed by atoms with Crippen molar-refractivity contribution in [1.82, 2.24) is 4.90 Å². The molecule has 0 radical (unpaired) electrons. The van der Waals surface area contributed by atoms with E-state index < -0.39 is 21.3 Å². The number of amides is 3. The normalized spacial score (nSPS) is 14.8. The maximum Gasteiger partial charge on any atom is 0.339 e. The van der Waals surface area contributed by atoms with Crippen LogP contribution in [0.2, 0.25) is 10.0 Å². The highest BCUT2D eigenvalue weighted by molar-refractivity contribution is 8.18.